The summed E-state index contributed by atoms with van der Waals surface area (Å²) in [5.74, 6) is -1.21. The Morgan fingerprint density at radius 3 is 2.58 bits per heavy atom. The molecular formula is C25H30N2O4. The molecule has 1 fully saturated rings. The monoisotopic (exact) mass is 422 g/mol. The summed E-state index contributed by atoms with van der Waals surface area (Å²) in [6.07, 6.45) is 0.871. The summed E-state index contributed by atoms with van der Waals surface area (Å²) in [5, 5.41) is 2.87. The quantitative estimate of drug-likeness (QED) is 0.659. The molecule has 2 aromatic carbocycles. The number of rotatable bonds is 8. The highest BCUT2D eigenvalue weighted by Crippen LogP contribution is 2.27. The number of carbonyl (C=O) groups excluding carboxylic acids is 3. The molecule has 0 aliphatic carbocycles. The first-order valence-electron chi connectivity index (χ1n) is 10.7. The smallest absolute Gasteiger partial charge is 0.311 e. The van der Waals surface area contributed by atoms with Crippen molar-refractivity contribution < 1.29 is 19.1 Å². The molecule has 1 aliphatic rings. The fourth-order valence-electron chi connectivity index (χ4n) is 3.83. The van der Waals surface area contributed by atoms with Gasteiger partial charge in [0.2, 0.25) is 5.91 Å². The fraction of sp³-hybridized carbons (Fsp3) is 0.400. The number of anilines is 1. The molecular weight excluding hydrogens is 392 g/mol. The molecule has 1 atom stereocenters. The van der Waals surface area contributed by atoms with Crippen LogP contribution >= 0.6 is 0 Å². The van der Waals surface area contributed by atoms with Crippen molar-refractivity contribution in [1.82, 2.24) is 4.90 Å². The molecule has 0 bridgehead atoms. The van der Waals surface area contributed by atoms with Gasteiger partial charge in [0.1, 0.15) is 0 Å². The lowest BCUT2D eigenvalue weighted by Gasteiger charge is -2.17. The molecule has 0 aromatic heterocycles. The van der Waals surface area contributed by atoms with Crippen molar-refractivity contribution in [3.8, 4) is 0 Å². The first kappa shape index (κ1) is 22.5. The summed E-state index contributed by atoms with van der Waals surface area (Å²) in [4.78, 5) is 38.8. The van der Waals surface area contributed by atoms with Crippen LogP contribution in [0, 0.1) is 12.8 Å². The van der Waals surface area contributed by atoms with Crippen LogP contribution in [0.4, 0.5) is 5.69 Å². The van der Waals surface area contributed by atoms with Gasteiger partial charge in [0, 0.05) is 25.2 Å². The van der Waals surface area contributed by atoms with Crippen LogP contribution in [0.2, 0.25) is 0 Å². The van der Waals surface area contributed by atoms with E-state index in [1.165, 1.54) is 0 Å². The van der Waals surface area contributed by atoms with E-state index >= 15 is 0 Å². The third-order valence-corrected chi connectivity index (χ3v) is 5.60. The number of nitrogens with one attached hydrogen (secondary N) is 1. The average molecular weight is 423 g/mol. The molecule has 1 N–H and O–H groups in total. The number of hydrogen-bond donors (Lipinski definition) is 1. The van der Waals surface area contributed by atoms with Gasteiger partial charge in [0.05, 0.1) is 5.92 Å². The number of amides is 2. The summed E-state index contributed by atoms with van der Waals surface area (Å²) < 4.78 is 5.23. The van der Waals surface area contributed by atoms with Crippen molar-refractivity contribution in [3.05, 3.63) is 65.2 Å². The highest BCUT2D eigenvalue weighted by atomic mass is 16.5. The number of esters is 1. The molecule has 2 aromatic rings. The maximum absolute atomic E-state index is 12.4. The summed E-state index contributed by atoms with van der Waals surface area (Å²) >= 11 is 0. The molecule has 1 heterocycles. The van der Waals surface area contributed by atoms with Crippen LogP contribution in [0.25, 0.3) is 0 Å². The van der Waals surface area contributed by atoms with Crippen molar-refractivity contribution in [2.75, 3.05) is 25.0 Å². The van der Waals surface area contributed by atoms with Crippen LogP contribution in [-0.2, 0) is 25.5 Å². The predicted molar refractivity (Wildman–Crippen MR) is 120 cm³/mol. The summed E-state index contributed by atoms with van der Waals surface area (Å²) in [5.41, 5.74) is 3.91. The number of carbonyl (C=O) groups is 3. The average Bonchev–Trinajstić information content (AvgIpc) is 3.13. The summed E-state index contributed by atoms with van der Waals surface area (Å²) in [7, 11) is 0. The van der Waals surface area contributed by atoms with E-state index in [1.54, 1.807) is 4.90 Å². The highest BCUT2D eigenvalue weighted by Gasteiger charge is 2.35. The van der Waals surface area contributed by atoms with Gasteiger partial charge in [-0.05, 0) is 36.0 Å². The predicted octanol–water partition coefficient (Wildman–Crippen LogP) is 3.69. The second kappa shape index (κ2) is 10.2. The van der Waals surface area contributed by atoms with Gasteiger partial charge in [-0.2, -0.15) is 0 Å². The topological polar surface area (TPSA) is 75.7 Å². The van der Waals surface area contributed by atoms with Gasteiger partial charge in [0.25, 0.3) is 5.91 Å². The Labute approximate surface area is 183 Å². The molecule has 6 heteroatoms. The standard InChI is InChI=1S/C25H30N2O4/c1-17(2)21-11-7-8-18(3)24(21)26-22(28)16-31-25(30)20-14-23(29)27(15-20)13-12-19-9-5-4-6-10-19/h4-11,17,20H,12-16H2,1-3H3,(H,26,28)/t20-/m1/s1. The number of aryl methyl sites for hydroxylation is 1. The molecule has 0 unspecified atom stereocenters. The van der Waals surface area contributed by atoms with Crippen LogP contribution in [0.5, 0.6) is 0 Å². The maximum atomic E-state index is 12.4. The zero-order valence-corrected chi connectivity index (χ0v) is 18.4. The lowest BCUT2D eigenvalue weighted by Crippen LogP contribution is -2.30. The Morgan fingerprint density at radius 2 is 1.87 bits per heavy atom. The number of ether oxygens (including phenoxy) is 1. The van der Waals surface area contributed by atoms with Gasteiger partial charge in [-0.3, -0.25) is 14.4 Å². The van der Waals surface area contributed by atoms with Crippen molar-refractivity contribution in [2.24, 2.45) is 5.92 Å². The second-order valence-corrected chi connectivity index (χ2v) is 8.33. The van der Waals surface area contributed by atoms with Gasteiger partial charge in [-0.15, -0.1) is 0 Å². The van der Waals surface area contributed by atoms with E-state index in [-0.39, 0.29) is 30.8 Å². The van der Waals surface area contributed by atoms with Gasteiger partial charge < -0.3 is 15.0 Å². The molecule has 1 saturated heterocycles. The van der Waals surface area contributed by atoms with Crippen LogP contribution in [-0.4, -0.2) is 42.4 Å². The minimum Gasteiger partial charge on any atom is -0.455 e. The Morgan fingerprint density at radius 1 is 1.13 bits per heavy atom. The lowest BCUT2D eigenvalue weighted by atomic mass is 9.98. The van der Waals surface area contributed by atoms with Crippen LogP contribution in [0.3, 0.4) is 0 Å². The molecule has 0 spiro atoms. The summed E-state index contributed by atoms with van der Waals surface area (Å²) in [6.45, 7) is 6.59. The zero-order chi connectivity index (χ0) is 22.4. The van der Waals surface area contributed by atoms with E-state index < -0.39 is 11.9 Å². The molecule has 2 amide bonds. The van der Waals surface area contributed by atoms with Crippen molar-refractivity contribution in [1.29, 1.82) is 0 Å². The van der Waals surface area contributed by atoms with Gasteiger partial charge in [-0.25, -0.2) is 0 Å². The van der Waals surface area contributed by atoms with Crippen molar-refractivity contribution in [3.63, 3.8) is 0 Å². The Hall–Kier alpha value is -3.15. The molecule has 31 heavy (non-hydrogen) atoms. The molecule has 0 saturated carbocycles. The Balaban J connectivity index is 1.49. The minimum atomic E-state index is -0.527. The van der Waals surface area contributed by atoms with E-state index in [2.05, 4.69) is 19.2 Å². The van der Waals surface area contributed by atoms with E-state index in [1.807, 2.05) is 55.5 Å². The van der Waals surface area contributed by atoms with Gasteiger partial charge in [0.15, 0.2) is 6.61 Å². The molecule has 3 rings (SSSR count). The van der Waals surface area contributed by atoms with Crippen LogP contribution in [0.1, 0.15) is 42.9 Å². The largest absolute Gasteiger partial charge is 0.455 e. The second-order valence-electron chi connectivity index (χ2n) is 8.33. The molecule has 1 aliphatic heterocycles. The number of likely N-dealkylation sites (tertiary alicyclic amines) is 1. The van der Waals surface area contributed by atoms with E-state index in [0.717, 1.165) is 28.8 Å². The van der Waals surface area contributed by atoms with Crippen LogP contribution in [0.15, 0.2) is 48.5 Å². The van der Waals surface area contributed by atoms with E-state index in [0.29, 0.717) is 13.1 Å². The molecule has 164 valence electrons. The SMILES string of the molecule is Cc1cccc(C(C)C)c1NC(=O)COC(=O)[C@@H]1CC(=O)N(CCc2ccccc2)C1. The minimum absolute atomic E-state index is 0.0520. The third-order valence-electron chi connectivity index (χ3n) is 5.60. The first-order valence-corrected chi connectivity index (χ1v) is 10.7. The van der Waals surface area contributed by atoms with Gasteiger partial charge >= 0.3 is 5.97 Å². The Kier molecular flexibility index (Phi) is 7.45. The Bertz CT molecular complexity index is 940. The van der Waals surface area contributed by atoms with Crippen molar-refractivity contribution in [2.45, 2.75) is 39.5 Å². The zero-order valence-electron chi connectivity index (χ0n) is 18.4. The number of nitrogens with zero attached hydrogens (tertiary/aromatic N) is 1. The first-order chi connectivity index (χ1) is 14.8. The normalized spacial score (nSPS) is 15.9. The lowest BCUT2D eigenvalue weighted by molar-refractivity contribution is -0.151. The third kappa shape index (κ3) is 5.94. The molecule has 0 radical (unpaired) electrons. The van der Waals surface area contributed by atoms with Gasteiger partial charge in [-0.1, -0.05) is 62.4 Å². The van der Waals surface area contributed by atoms with Crippen LogP contribution < -0.4 is 5.32 Å². The maximum Gasteiger partial charge on any atom is 0.311 e. The summed E-state index contributed by atoms with van der Waals surface area (Å²) in [6, 6.07) is 15.8. The number of benzene rings is 2. The van der Waals surface area contributed by atoms with Crippen molar-refractivity contribution >= 4 is 23.5 Å². The number of para-hydroxylation sites is 1. The molecule has 6 nitrogen and oxygen atoms in total. The fourth-order valence-corrected chi connectivity index (χ4v) is 3.83. The highest BCUT2D eigenvalue weighted by molar-refractivity contribution is 5.95. The van der Waals surface area contributed by atoms with E-state index in [9.17, 15) is 14.4 Å². The van der Waals surface area contributed by atoms with E-state index in [4.69, 9.17) is 4.74 Å². The number of hydrogen-bond acceptors (Lipinski definition) is 4.